The first-order valence-electron chi connectivity index (χ1n) is 8.19. The van der Waals surface area contributed by atoms with Crippen LogP contribution in [0.4, 0.5) is 16.0 Å². The fraction of sp³-hybridized carbons (Fsp3) is 0.278. The van der Waals surface area contributed by atoms with E-state index < -0.39 is 18.5 Å². The molecule has 1 aliphatic rings. The lowest BCUT2D eigenvalue weighted by atomic mass is 10.1. The Bertz CT molecular complexity index is 813. The van der Waals surface area contributed by atoms with E-state index in [9.17, 15) is 14.3 Å². The van der Waals surface area contributed by atoms with E-state index in [0.717, 1.165) is 6.07 Å². The number of amides is 1. The maximum Gasteiger partial charge on any atom is 0.252 e. The molecular formula is C18H19FN4O3. The molecule has 2 aromatic rings. The van der Waals surface area contributed by atoms with Gasteiger partial charge in [-0.05, 0) is 24.6 Å². The van der Waals surface area contributed by atoms with Crippen LogP contribution in [-0.2, 0) is 4.79 Å². The van der Waals surface area contributed by atoms with E-state index in [1.165, 1.54) is 6.20 Å². The molecule has 1 aliphatic heterocycles. The zero-order chi connectivity index (χ0) is 18.5. The van der Waals surface area contributed by atoms with Gasteiger partial charge in [-0.15, -0.1) is 0 Å². The summed E-state index contributed by atoms with van der Waals surface area (Å²) in [6, 6.07) is 6.41. The molecule has 26 heavy (non-hydrogen) atoms. The number of nitrogens with one attached hydrogen (secondary N) is 1. The number of carbonyl (C=O) groups is 1. The van der Waals surface area contributed by atoms with E-state index in [0.29, 0.717) is 30.9 Å². The van der Waals surface area contributed by atoms with Crippen LogP contribution in [0.15, 0.2) is 48.3 Å². The van der Waals surface area contributed by atoms with Crippen molar-refractivity contribution in [2.45, 2.75) is 12.5 Å². The van der Waals surface area contributed by atoms with Gasteiger partial charge in [0.05, 0.1) is 6.61 Å². The van der Waals surface area contributed by atoms with Crippen molar-refractivity contribution in [1.29, 1.82) is 0 Å². The lowest BCUT2D eigenvalue weighted by molar-refractivity contribution is -0.113. The summed E-state index contributed by atoms with van der Waals surface area (Å²) in [5.41, 5.74) is 0.830. The molecule has 0 spiro atoms. The molecule has 3 rings (SSSR count). The van der Waals surface area contributed by atoms with Crippen LogP contribution in [0.3, 0.4) is 0 Å². The molecular weight excluding hydrogens is 339 g/mol. The lowest BCUT2D eigenvalue weighted by Crippen LogP contribution is -2.32. The summed E-state index contributed by atoms with van der Waals surface area (Å²) in [6.07, 6.45) is 3.96. The molecule has 0 saturated carbocycles. The second-order valence-electron chi connectivity index (χ2n) is 5.87. The van der Waals surface area contributed by atoms with Crippen LogP contribution in [0.1, 0.15) is 18.1 Å². The van der Waals surface area contributed by atoms with Crippen molar-refractivity contribution < 1.29 is 19.4 Å². The number of aromatic nitrogens is 2. The molecule has 3 N–H and O–H groups in total. The summed E-state index contributed by atoms with van der Waals surface area (Å²) < 4.78 is 14.3. The van der Waals surface area contributed by atoms with Gasteiger partial charge in [-0.1, -0.05) is 12.1 Å². The van der Waals surface area contributed by atoms with E-state index in [1.807, 2.05) is 0 Å². The van der Waals surface area contributed by atoms with Crippen LogP contribution < -0.4 is 10.2 Å². The molecule has 0 aromatic carbocycles. The highest BCUT2D eigenvalue weighted by Crippen LogP contribution is 2.23. The number of hydrogen-bond acceptors (Lipinski definition) is 6. The fourth-order valence-electron chi connectivity index (χ4n) is 2.67. The Hall–Kier alpha value is -2.84. The summed E-state index contributed by atoms with van der Waals surface area (Å²) in [6.45, 7) is 0.283. The number of aliphatic hydroxyl groups is 2. The highest BCUT2D eigenvalue weighted by atomic mass is 19.1. The standard InChI is InChI=1S/C18H19FN4O3/c19-14-9-13(15(25)11-24)10-21-17(14)23-7-4-12(5-8-23)18(26)22-16-3-1-2-6-20-16/h1-4,6,9-10,15,24-25H,5,7-8,11H2,(H,20,22,26)/t15-/m1/s1. The third-order valence-corrected chi connectivity index (χ3v) is 4.11. The second kappa shape index (κ2) is 8.03. The normalized spacial score (nSPS) is 15.3. The van der Waals surface area contributed by atoms with Crippen LogP contribution in [0.25, 0.3) is 0 Å². The van der Waals surface area contributed by atoms with Crippen LogP contribution >= 0.6 is 0 Å². The van der Waals surface area contributed by atoms with Gasteiger partial charge >= 0.3 is 0 Å². The van der Waals surface area contributed by atoms with Crippen LogP contribution in [0.5, 0.6) is 0 Å². The number of anilines is 2. The summed E-state index contributed by atoms with van der Waals surface area (Å²) in [7, 11) is 0. The molecule has 0 unspecified atom stereocenters. The van der Waals surface area contributed by atoms with Gasteiger partial charge in [0.25, 0.3) is 5.91 Å². The number of hydrogen-bond donors (Lipinski definition) is 3. The van der Waals surface area contributed by atoms with Gasteiger partial charge in [-0.2, -0.15) is 0 Å². The predicted octanol–water partition coefficient (Wildman–Crippen LogP) is 1.42. The van der Waals surface area contributed by atoms with Crippen molar-refractivity contribution in [1.82, 2.24) is 9.97 Å². The van der Waals surface area contributed by atoms with Gasteiger partial charge in [0.1, 0.15) is 11.9 Å². The average Bonchev–Trinajstić information content (AvgIpc) is 2.68. The van der Waals surface area contributed by atoms with Gasteiger partial charge in [-0.3, -0.25) is 4.79 Å². The number of aliphatic hydroxyl groups excluding tert-OH is 2. The van der Waals surface area contributed by atoms with Gasteiger partial charge < -0.3 is 20.4 Å². The van der Waals surface area contributed by atoms with Gasteiger partial charge in [-0.25, -0.2) is 14.4 Å². The highest BCUT2D eigenvalue weighted by Gasteiger charge is 2.21. The maximum atomic E-state index is 14.3. The van der Waals surface area contributed by atoms with Crippen molar-refractivity contribution in [2.24, 2.45) is 0 Å². The Labute approximate surface area is 149 Å². The Balaban J connectivity index is 1.66. The predicted molar refractivity (Wildman–Crippen MR) is 94.0 cm³/mol. The van der Waals surface area contributed by atoms with E-state index in [4.69, 9.17) is 5.11 Å². The van der Waals surface area contributed by atoms with Gasteiger partial charge in [0.15, 0.2) is 11.6 Å². The summed E-state index contributed by atoms with van der Waals surface area (Å²) in [4.78, 5) is 22.1. The number of pyridine rings is 2. The Kier molecular flexibility index (Phi) is 5.55. The minimum absolute atomic E-state index is 0.152. The monoisotopic (exact) mass is 358 g/mol. The molecule has 0 bridgehead atoms. The zero-order valence-corrected chi connectivity index (χ0v) is 14.0. The van der Waals surface area contributed by atoms with E-state index in [-0.39, 0.29) is 17.3 Å². The quantitative estimate of drug-likeness (QED) is 0.748. The summed E-state index contributed by atoms with van der Waals surface area (Å²) in [5, 5.41) is 21.2. The van der Waals surface area contributed by atoms with Crippen LogP contribution in [0, 0.1) is 5.82 Å². The maximum absolute atomic E-state index is 14.3. The molecule has 1 atom stereocenters. The molecule has 0 saturated heterocycles. The molecule has 2 aromatic heterocycles. The number of rotatable bonds is 5. The largest absolute Gasteiger partial charge is 0.393 e. The Morgan fingerprint density at radius 3 is 2.85 bits per heavy atom. The summed E-state index contributed by atoms with van der Waals surface area (Å²) in [5.74, 6) is -0.172. The van der Waals surface area contributed by atoms with E-state index in [2.05, 4.69) is 15.3 Å². The molecule has 7 nitrogen and oxygen atoms in total. The minimum Gasteiger partial charge on any atom is -0.393 e. The fourth-order valence-corrected chi connectivity index (χ4v) is 2.67. The molecule has 1 amide bonds. The molecule has 0 radical (unpaired) electrons. The molecule has 136 valence electrons. The molecule has 3 heterocycles. The number of nitrogens with zero attached hydrogens (tertiary/aromatic N) is 3. The smallest absolute Gasteiger partial charge is 0.252 e. The van der Waals surface area contributed by atoms with Crippen molar-refractivity contribution in [3.8, 4) is 0 Å². The Morgan fingerprint density at radius 1 is 1.38 bits per heavy atom. The second-order valence-corrected chi connectivity index (χ2v) is 5.87. The lowest BCUT2D eigenvalue weighted by Gasteiger charge is -2.27. The van der Waals surface area contributed by atoms with Crippen molar-refractivity contribution in [2.75, 3.05) is 29.9 Å². The van der Waals surface area contributed by atoms with Crippen molar-refractivity contribution >= 4 is 17.5 Å². The van der Waals surface area contributed by atoms with Crippen molar-refractivity contribution in [3.05, 3.63) is 59.7 Å². The van der Waals surface area contributed by atoms with E-state index >= 15 is 0 Å². The third kappa shape index (κ3) is 4.04. The van der Waals surface area contributed by atoms with Gasteiger partial charge in [0, 0.05) is 36.6 Å². The van der Waals surface area contributed by atoms with Crippen LogP contribution in [0.2, 0.25) is 0 Å². The molecule has 8 heteroatoms. The first-order valence-corrected chi connectivity index (χ1v) is 8.19. The van der Waals surface area contributed by atoms with Gasteiger partial charge in [0.2, 0.25) is 0 Å². The SMILES string of the molecule is O=C(Nc1ccccn1)C1=CCN(c2ncc([C@H](O)CO)cc2F)CC1. The van der Waals surface area contributed by atoms with Crippen molar-refractivity contribution in [3.63, 3.8) is 0 Å². The average molecular weight is 358 g/mol. The Morgan fingerprint density at radius 2 is 2.23 bits per heavy atom. The highest BCUT2D eigenvalue weighted by molar-refractivity contribution is 6.03. The first-order chi connectivity index (χ1) is 12.6. The summed E-state index contributed by atoms with van der Waals surface area (Å²) >= 11 is 0. The van der Waals surface area contributed by atoms with Crippen LogP contribution in [-0.4, -0.2) is 45.8 Å². The number of carbonyl (C=O) groups excluding carboxylic acids is 1. The third-order valence-electron chi connectivity index (χ3n) is 4.11. The van der Waals surface area contributed by atoms with E-state index in [1.54, 1.807) is 35.4 Å². The topological polar surface area (TPSA) is 98.6 Å². The molecule has 0 aliphatic carbocycles. The zero-order valence-electron chi connectivity index (χ0n) is 14.0. The molecule has 0 fully saturated rings. The first kappa shape index (κ1) is 18.0. The number of halogens is 1. The minimum atomic E-state index is -1.16.